The van der Waals surface area contributed by atoms with Crippen LogP contribution in [0.15, 0.2) is 77.5 Å². The first-order valence-corrected chi connectivity index (χ1v) is 15.6. The molecule has 2 amide bonds. The molecule has 0 radical (unpaired) electrons. The fourth-order valence-electron chi connectivity index (χ4n) is 4.82. The molecule has 0 N–H and O–H groups in total. The van der Waals surface area contributed by atoms with Gasteiger partial charge in [-0.3, -0.25) is 9.59 Å². The number of carbonyl (C=O) groups is 2. The number of benzene rings is 1. The van der Waals surface area contributed by atoms with Crippen LogP contribution < -0.4 is 4.90 Å². The minimum Gasteiger partial charge on any atom is -0.363 e. The zero-order chi connectivity index (χ0) is 31.0. The van der Waals surface area contributed by atoms with Gasteiger partial charge in [-0.15, -0.1) is 11.3 Å². The molecule has 1 aliphatic rings. The number of allylic oxidation sites excluding steroid dienone is 6. The predicted octanol–water partition coefficient (Wildman–Crippen LogP) is 8.33. The molecule has 1 aliphatic heterocycles. The van der Waals surface area contributed by atoms with Gasteiger partial charge in [0.1, 0.15) is 18.2 Å². The van der Waals surface area contributed by atoms with Gasteiger partial charge in [0.15, 0.2) is 5.57 Å². The SMILES string of the molecule is CCCCCCN(CCCCCC)c1ccc(/C=C/C=C/C=C(\C#N)C(=C(C#N)C#N)N2C(=O)c3ccccc3C2=O)s1. The Morgan fingerprint density at radius 2 is 1.40 bits per heavy atom. The number of unbranched alkanes of at least 4 members (excludes halogenated alkanes) is 6. The third-order valence-electron chi connectivity index (χ3n) is 7.09. The molecule has 1 aromatic carbocycles. The maximum atomic E-state index is 13.0. The van der Waals surface area contributed by atoms with Crippen LogP contribution in [-0.4, -0.2) is 29.8 Å². The van der Waals surface area contributed by atoms with Crippen molar-refractivity contribution in [2.45, 2.75) is 65.2 Å². The Hall–Kier alpha value is -4.71. The van der Waals surface area contributed by atoms with Gasteiger partial charge in [0.05, 0.1) is 27.4 Å². The zero-order valence-corrected chi connectivity index (χ0v) is 25.7. The molecule has 0 unspecified atom stereocenters. The largest absolute Gasteiger partial charge is 0.363 e. The average molecular weight is 592 g/mol. The van der Waals surface area contributed by atoms with E-state index in [1.54, 1.807) is 47.8 Å². The topological polar surface area (TPSA) is 112 Å². The number of nitriles is 3. The van der Waals surface area contributed by atoms with Gasteiger partial charge in [0.25, 0.3) is 11.8 Å². The number of imide groups is 1. The fraction of sp³-hybridized carbons (Fsp3) is 0.343. The molecular weight excluding hydrogens is 554 g/mol. The summed E-state index contributed by atoms with van der Waals surface area (Å²) in [7, 11) is 0. The van der Waals surface area contributed by atoms with Gasteiger partial charge < -0.3 is 4.90 Å². The molecule has 3 rings (SSSR count). The molecule has 220 valence electrons. The van der Waals surface area contributed by atoms with Gasteiger partial charge in [-0.2, -0.15) is 15.8 Å². The fourth-order valence-corrected chi connectivity index (χ4v) is 5.79. The highest BCUT2D eigenvalue weighted by atomic mass is 32.1. The minimum atomic E-state index is -0.679. The first-order chi connectivity index (χ1) is 21.0. The summed E-state index contributed by atoms with van der Waals surface area (Å²) in [5.74, 6) is -1.36. The van der Waals surface area contributed by atoms with E-state index in [0.29, 0.717) is 0 Å². The van der Waals surface area contributed by atoms with Crippen LogP contribution in [0.25, 0.3) is 6.08 Å². The lowest BCUT2D eigenvalue weighted by Crippen LogP contribution is -2.30. The highest BCUT2D eigenvalue weighted by molar-refractivity contribution is 7.16. The van der Waals surface area contributed by atoms with Crippen molar-refractivity contribution < 1.29 is 9.59 Å². The van der Waals surface area contributed by atoms with Crippen molar-refractivity contribution in [3.8, 4) is 18.2 Å². The summed E-state index contributed by atoms with van der Waals surface area (Å²) in [6.07, 6.45) is 18.4. The van der Waals surface area contributed by atoms with E-state index >= 15 is 0 Å². The molecular formula is C35H37N5O2S. The molecule has 0 fully saturated rings. The van der Waals surface area contributed by atoms with E-state index in [1.807, 2.05) is 18.2 Å². The maximum Gasteiger partial charge on any atom is 0.266 e. The number of carbonyl (C=O) groups excluding carboxylic acids is 2. The van der Waals surface area contributed by atoms with Crippen molar-refractivity contribution in [1.29, 1.82) is 15.8 Å². The first-order valence-electron chi connectivity index (χ1n) is 14.8. The Balaban J connectivity index is 1.76. The first kappa shape index (κ1) is 32.8. The molecule has 0 aliphatic carbocycles. The van der Waals surface area contributed by atoms with Gasteiger partial charge in [-0.1, -0.05) is 82.7 Å². The van der Waals surface area contributed by atoms with Crippen LogP contribution in [0, 0.1) is 34.0 Å². The van der Waals surface area contributed by atoms with Gasteiger partial charge in [-0.05, 0) is 49.3 Å². The number of fused-ring (bicyclic) bond motifs is 1. The van der Waals surface area contributed by atoms with Crippen molar-refractivity contribution in [1.82, 2.24) is 4.90 Å². The van der Waals surface area contributed by atoms with Gasteiger partial charge in [0.2, 0.25) is 0 Å². The lowest BCUT2D eigenvalue weighted by atomic mass is 10.1. The molecule has 0 bridgehead atoms. The molecule has 0 spiro atoms. The van der Waals surface area contributed by atoms with E-state index in [-0.39, 0.29) is 22.4 Å². The predicted molar refractivity (Wildman–Crippen MR) is 172 cm³/mol. The maximum absolute atomic E-state index is 13.0. The van der Waals surface area contributed by atoms with Crippen LogP contribution in [0.4, 0.5) is 5.00 Å². The van der Waals surface area contributed by atoms with Crippen molar-refractivity contribution >= 4 is 34.2 Å². The second-order valence-electron chi connectivity index (χ2n) is 10.2. The summed E-state index contributed by atoms with van der Waals surface area (Å²) >= 11 is 1.74. The van der Waals surface area contributed by atoms with E-state index in [4.69, 9.17) is 0 Å². The molecule has 0 saturated carbocycles. The molecule has 0 saturated heterocycles. The third kappa shape index (κ3) is 8.65. The van der Waals surface area contributed by atoms with Gasteiger partial charge in [0, 0.05) is 18.0 Å². The molecule has 2 aromatic rings. The Morgan fingerprint density at radius 1 is 0.791 bits per heavy atom. The van der Waals surface area contributed by atoms with Crippen molar-refractivity contribution in [2.75, 3.05) is 18.0 Å². The van der Waals surface area contributed by atoms with Gasteiger partial charge >= 0.3 is 0 Å². The van der Waals surface area contributed by atoms with E-state index in [1.165, 1.54) is 74.6 Å². The Labute approximate surface area is 259 Å². The third-order valence-corrected chi connectivity index (χ3v) is 8.20. The summed E-state index contributed by atoms with van der Waals surface area (Å²) in [6.45, 7) is 6.58. The van der Waals surface area contributed by atoms with Crippen molar-refractivity contribution in [2.24, 2.45) is 0 Å². The van der Waals surface area contributed by atoms with Crippen molar-refractivity contribution in [3.63, 3.8) is 0 Å². The standard InChI is InChI=1S/C35H37N5O2S/c1-3-5-7-14-22-39(23-15-8-6-4-2)32-21-20-29(43-32)17-11-9-10-16-27(24-36)33(28(25-37)26-38)40-34(41)30-18-12-13-19-31(30)35(40)42/h9-13,16-21H,3-8,14-15,22-23H2,1-2H3/b10-9+,17-11+,27-16+. The van der Waals surface area contributed by atoms with Crippen LogP contribution in [-0.2, 0) is 0 Å². The van der Waals surface area contributed by atoms with E-state index in [2.05, 4.69) is 30.9 Å². The number of nitrogens with zero attached hydrogens (tertiary/aromatic N) is 5. The number of rotatable bonds is 16. The number of hydrogen-bond donors (Lipinski definition) is 0. The van der Waals surface area contributed by atoms with Crippen LogP contribution >= 0.6 is 11.3 Å². The Morgan fingerprint density at radius 3 is 1.93 bits per heavy atom. The molecule has 2 heterocycles. The number of anilines is 1. The van der Waals surface area contributed by atoms with E-state index < -0.39 is 17.4 Å². The highest BCUT2D eigenvalue weighted by Crippen LogP contribution is 2.31. The summed E-state index contributed by atoms with van der Waals surface area (Å²) in [4.78, 5) is 30.4. The zero-order valence-electron chi connectivity index (χ0n) is 24.9. The molecule has 0 atom stereocenters. The van der Waals surface area contributed by atoms with Crippen LogP contribution in [0.3, 0.4) is 0 Å². The number of thiophene rings is 1. The van der Waals surface area contributed by atoms with E-state index in [9.17, 15) is 25.4 Å². The lowest BCUT2D eigenvalue weighted by Gasteiger charge is -2.23. The summed E-state index contributed by atoms with van der Waals surface area (Å²) in [5, 5.41) is 30.3. The lowest BCUT2D eigenvalue weighted by molar-refractivity contribution is 0.0707. The Bertz CT molecular complexity index is 1480. The molecule has 43 heavy (non-hydrogen) atoms. The average Bonchev–Trinajstić information content (AvgIpc) is 3.59. The summed E-state index contributed by atoms with van der Waals surface area (Å²) in [6, 6.07) is 15.9. The van der Waals surface area contributed by atoms with Crippen LogP contribution in [0.5, 0.6) is 0 Å². The highest BCUT2D eigenvalue weighted by Gasteiger charge is 2.40. The number of hydrogen-bond acceptors (Lipinski definition) is 7. The smallest absolute Gasteiger partial charge is 0.266 e. The minimum absolute atomic E-state index is 0.141. The molecule has 8 heteroatoms. The normalized spacial score (nSPS) is 12.8. The van der Waals surface area contributed by atoms with E-state index in [0.717, 1.165) is 22.9 Å². The van der Waals surface area contributed by atoms with Crippen LogP contribution in [0.1, 0.15) is 90.8 Å². The molecule has 7 nitrogen and oxygen atoms in total. The summed E-state index contributed by atoms with van der Waals surface area (Å²) < 4.78 is 0. The quantitative estimate of drug-likeness (QED) is 0.0839. The molecule has 1 aromatic heterocycles. The Kier molecular flexibility index (Phi) is 13.2. The van der Waals surface area contributed by atoms with Crippen LogP contribution in [0.2, 0.25) is 0 Å². The number of amides is 2. The second-order valence-corrected chi connectivity index (χ2v) is 11.3. The monoisotopic (exact) mass is 591 g/mol. The van der Waals surface area contributed by atoms with Crippen molar-refractivity contribution in [3.05, 3.63) is 93.5 Å². The second kappa shape index (κ2) is 17.3. The summed E-state index contributed by atoms with van der Waals surface area (Å²) in [5.41, 5.74) is -0.629. The van der Waals surface area contributed by atoms with Gasteiger partial charge in [-0.25, -0.2) is 4.90 Å².